The van der Waals surface area contributed by atoms with Crippen molar-refractivity contribution in [3.63, 3.8) is 0 Å². The fourth-order valence-corrected chi connectivity index (χ4v) is 2.21. The van der Waals surface area contributed by atoms with Crippen molar-refractivity contribution in [3.8, 4) is 5.75 Å². The molecule has 18 heavy (non-hydrogen) atoms. The van der Waals surface area contributed by atoms with Gasteiger partial charge in [0, 0.05) is 12.1 Å². The summed E-state index contributed by atoms with van der Waals surface area (Å²) in [6.45, 7) is 4.03. The van der Waals surface area contributed by atoms with Crippen LogP contribution in [0.1, 0.15) is 25.5 Å². The smallest absolute Gasteiger partial charge is 0.247 e. The second kappa shape index (κ2) is 4.59. The average molecular weight is 250 g/mol. The van der Waals surface area contributed by atoms with E-state index < -0.39 is 17.6 Å². The van der Waals surface area contributed by atoms with E-state index in [1.165, 1.54) is 0 Å². The Labute approximate surface area is 106 Å². The number of aliphatic hydroxyl groups excluding tert-OH is 1. The van der Waals surface area contributed by atoms with Crippen LogP contribution in [0.4, 0.5) is 0 Å². The summed E-state index contributed by atoms with van der Waals surface area (Å²) in [7, 11) is 0. The Morgan fingerprint density at radius 1 is 1.56 bits per heavy atom. The molecule has 1 heterocycles. The number of benzene rings is 1. The number of primary amides is 1. The lowest BCUT2D eigenvalue weighted by atomic mass is 9.94. The summed E-state index contributed by atoms with van der Waals surface area (Å²) in [6, 6.07) is 7.64. The third-order valence-corrected chi connectivity index (χ3v) is 3.14. The lowest BCUT2D eigenvalue weighted by molar-refractivity contribution is -0.125. The van der Waals surface area contributed by atoms with Gasteiger partial charge in [0.25, 0.3) is 0 Å². The van der Waals surface area contributed by atoms with Crippen LogP contribution < -0.4 is 15.8 Å². The van der Waals surface area contributed by atoms with Crippen LogP contribution >= 0.6 is 0 Å². The van der Waals surface area contributed by atoms with Gasteiger partial charge in [0.15, 0.2) is 0 Å². The van der Waals surface area contributed by atoms with Crippen molar-refractivity contribution in [2.45, 2.75) is 31.6 Å². The summed E-state index contributed by atoms with van der Waals surface area (Å²) in [5, 5.41) is 12.6. The molecular weight excluding hydrogens is 232 g/mol. The van der Waals surface area contributed by atoms with E-state index in [-0.39, 0.29) is 12.6 Å². The van der Waals surface area contributed by atoms with Crippen molar-refractivity contribution >= 4 is 5.91 Å². The predicted molar refractivity (Wildman–Crippen MR) is 67.1 cm³/mol. The van der Waals surface area contributed by atoms with Crippen LogP contribution in [0.2, 0.25) is 0 Å². The predicted octanol–water partition coefficient (Wildman–Crippen LogP) is 0.335. The topological polar surface area (TPSA) is 84.6 Å². The lowest BCUT2D eigenvalue weighted by Gasteiger charge is -2.27. The molecule has 1 aromatic carbocycles. The molecular formula is C13H18N2O3. The summed E-state index contributed by atoms with van der Waals surface area (Å²) in [5.74, 6) is 0.0982. The zero-order chi connectivity index (χ0) is 13.3. The van der Waals surface area contributed by atoms with Crippen molar-refractivity contribution in [2.75, 3.05) is 6.54 Å². The molecule has 1 aromatic rings. The zero-order valence-corrected chi connectivity index (χ0v) is 10.5. The summed E-state index contributed by atoms with van der Waals surface area (Å²) in [4.78, 5) is 10.8. The monoisotopic (exact) mass is 250 g/mol. The minimum absolute atomic E-state index is 0.0808. The van der Waals surface area contributed by atoms with Crippen LogP contribution in [-0.2, 0) is 4.79 Å². The number of nitrogens with two attached hydrogens (primary N) is 1. The first-order chi connectivity index (χ1) is 8.42. The second-order valence-electron chi connectivity index (χ2n) is 5.00. The summed E-state index contributed by atoms with van der Waals surface area (Å²) < 4.78 is 5.84. The van der Waals surface area contributed by atoms with Crippen LogP contribution in [0.3, 0.4) is 0 Å². The van der Waals surface area contributed by atoms with Gasteiger partial charge in [-0.25, -0.2) is 0 Å². The van der Waals surface area contributed by atoms with E-state index in [2.05, 4.69) is 5.32 Å². The Hall–Kier alpha value is -1.59. The molecule has 4 N–H and O–H groups in total. The van der Waals surface area contributed by atoms with E-state index >= 15 is 0 Å². The molecule has 98 valence electrons. The number of fused-ring (bicyclic) bond motifs is 1. The van der Waals surface area contributed by atoms with Crippen LogP contribution in [-0.4, -0.2) is 29.3 Å². The molecule has 0 radical (unpaired) electrons. The Morgan fingerprint density at radius 3 is 2.89 bits per heavy atom. The molecule has 2 rings (SSSR count). The summed E-state index contributed by atoms with van der Waals surface area (Å²) in [6.07, 6.45) is -1.19. The molecule has 1 amide bonds. The fraction of sp³-hybridized carbons (Fsp3) is 0.462. The van der Waals surface area contributed by atoms with Gasteiger partial charge in [0.1, 0.15) is 17.5 Å². The van der Waals surface area contributed by atoms with Crippen molar-refractivity contribution < 1.29 is 14.6 Å². The standard InChI is InChI=1S/C13H18N2O3/c1-13(2)11(15-7-9(16)12(14)17)8-5-3-4-6-10(8)18-13/h3-6,9,11,15-16H,7H2,1-2H3,(H2,14,17). The first-order valence-corrected chi connectivity index (χ1v) is 5.90. The SMILES string of the molecule is CC1(C)Oc2ccccc2C1NCC(O)C(N)=O. The fourth-order valence-electron chi connectivity index (χ4n) is 2.21. The second-order valence-corrected chi connectivity index (χ2v) is 5.00. The van der Waals surface area contributed by atoms with Gasteiger partial charge in [-0.2, -0.15) is 0 Å². The van der Waals surface area contributed by atoms with E-state index in [4.69, 9.17) is 10.5 Å². The minimum Gasteiger partial charge on any atom is -0.486 e. The van der Waals surface area contributed by atoms with Crippen molar-refractivity contribution in [1.29, 1.82) is 0 Å². The first-order valence-electron chi connectivity index (χ1n) is 5.90. The van der Waals surface area contributed by atoms with E-state index in [1.54, 1.807) is 0 Å². The third-order valence-electron chi connectivity index (χ3n) is 3.14. The van der Waals surface area contributed by atoms with Gasteiger partial charge in [-0.3, -0.25) is 4.79 Å². The van der Waals surface area contributed by atoms with E-state index in [0.717, 1.165) is 11.3 Å². The van der Waals surface area contributed by atoms with Crippen LogP contribution in [0.15, 0.2) is 24.3 Å². The highest BCUT2D eigenvalue weighted by Crippen LogP contribution is 2.42. The van der Waals surface area contributed by atoms with E-state index in [0.29, 0.717) is 0 Å². The Morgan fingerprint density at radius 2 is 2.22 bits per heavy atom. The molecule has 0 aliphatic carbocycles. The number of rotatable bonds is 4. The van der Waals surface area contributed by atoms with Gasteiger partial charge < -0.3 is 20.9 Å². The first kappa shape index (κ1) is 12.9. The number of aliphatic hydroxyl groups is 1. The number of carbonyl (C=O) groups excluding carboxylic acids is 1. The number of hydrogen-bond acceptors (Lipinski definition) is 4. The summed E-state index contributed by atoms with van der Waals surface area (Å²) in [5.41, 5.74) is 5.62. The van der Waals surface area contributed by atoms with Gasteiger partial charge in [-0.1, -0.05) is 18.2 Å². The largest absolute Gasteiger partial charge is 0.486 e. The van der Waals surface area contributed by atoms with Gasteiger partial charge in [-0.15, -0.1) is 0 Å². The van der Waals surface area contributed by atoms with Crippen molar-refractivity contribution in [3.05, 3.63) is 29.8 Å². The Kier molecular flexibility index (Phi) is 3.28. The number of carbonyl (C=O) groups is 1. The average Bonchev–Trinajstić information content (AvgIpc) is 2.55. The molecule has 0 saturated carbocycles. The van der Waals surface area contributed by atoms with Gasteiger partial charge in [0.05, 0.1) is 6.04 Å². The highest BCUT2D eigenvalue weighted by molar-refractivity contribution is 5.78. The number of nitrogens with one attached hydrogen (secondary N) is 1. The molecule has 5 heteroatoms. The quantitative estimate of drug-likeness (QED) is 0.719. The minimum atomic E-state index is -1.19. The maximum Gasteiger partial charge on any atom is 0.247 e. The van der Waals surface area contributed by atoms with Crippen molar-refractivity contribution in [1.82, 2.24) is 5.32 Å². The molecule has 5 nitrogen and oxygen atoms in total. The lowest BCUT2D eigenvalue weighted by Crippen LogP contribution is -2.44. The number of para-hydroxylation sites is 1. The highest BCUT2D eigenvalue weighted by atomic mass is 16.5. The molecule has 0 bridgehead atoms. The van der Waals surface area contributed by atoms with Crippen molar-refractivity contribution in [2.24, 2.45) is 5.73 Å². The Bertz CT molecular complexity index is 459. The number of amides is 1. The molecule has 0 aromatic heterocycles. The molecule has 0 fully saturated rings. The van der Waals surface area contributed by atoms with Crippen LogP contribution in [0, 0.1) is 0 Å². The normalized spacial score (nSPS) is 22.1. The van der Waals surface area contributed by atoms with Crippen LogP contribution in [0.5, 0.6) is 5.75 Å². The highest BCUT2D eigenvalue weighted by Gasteiger charge is 2.40. The molecule has 0 saturated heterocycles. The summed E-state index contributed by atoms with van der Waals surface area (Å²) >= 11 is 0. The molecule has 1 aliphatic rings. The van der Waals surface area contributed by atoms with Gasteiger partial charge >= 0.3 is 0 Å². The van der Waals surface area contributed by atoms with E-state index in [1.807, 2.05) is 38.1 Å². The van der Waals surface area contributed by atoms with Crippen LogP contribution in [0.25, 0.3) is 0 Å². The maximum atomic E-state index is 10.8. The Balaban J connectivity index is 2.14. The number of hydrogen-bond donors (Lipinski definition) is 3. The maximum absolute atomic E-state index is 10.8. The molecule has 2 atom stereocenters. The molecule has 0 spiro atoms. The van der Waals surface area contributed by atoms with Gasteiger partial charge in [0.2, 0.25) is 5.91 Å². The molecule has 1 aliphatic heterocycles. The third kappa shape index (κ3) is 2.32. The van der Waals surface area contributed by atoms with Gasteiger partial charge in [-0.05, 0) is 19.9 Å². The van der Waals surface area contributed by atoms with E-state index in [9.17, 15) is 9.90 Å². The zero-order valence-electron chi connectivity index (χ0n) is 10.5. The number of ether oxygens (including phenoxy) is 1. The molecule has 2 unspecified atom stereocenters.